The molecule has 1 aromatic carbocycles. The van der Waals surface area contributed by atoms with Gasteiger partial charge in [-0.05, 0) is 36.7 Å². The van der Waals surface area contributed by atoms with Crippen LogP contribution in [-0.2, 0) is 0 Å². The zero-order valence-electron chi connectivity index (χ0n) is 13.1. The van der Waals surface area contributed by atoms with Crippen molar-refractivity contribution >= 4 is 17.8 Å². The standard InChI is InChI=1S/C17H20N4O2S/c22-16-17(23)21(15-6-8-19-11-15)24-20(16)14-5-1-3-12(9-14)13-4-2-7-18-10-13/h1-5,7,9-10,15-17,19,22-23H,6,8,11H2. The lowest BCUT2D eigenvalue weighted by molar-refractivity contribution is -0.0318. The van der Waals surface area contributed by atoms with E-state index in [4.69, 9.17) is 0 Å². The average Bonchev–Trinajstić information content (AvgIpc) is 3.25. The normalized spacial score (nSPS) is 27.8. The van der Waals surface area contributed by atoms with E-state index < -0.39 is 12.5 Å². The quantitative estimate of drug-likeness (QED) is 0.728. The minimum absolute atomic E-state index is 0.228. The van der Waals surface area contributed by atoms with Gasteiger partial charge in [-0.15, -0.1) is 0 Å². The summed E-state index contributed by atoms with van der Waals surface area (Å²) in [5.74, 6) is 0. The van der Waals surface area contributed by atoms with Gasteiger partial charge in [-0.25, -0.2) is 0 Å². The van der Waals surface area contributed by atoms with Crippen LogP contribution in [0.4, 0.5) is 5.69 Å². The van der Waals surface area contributed by atoms with Crippen LogP contribution in [0.1, 0.15) is 6.42 Å². The smallest absolute Gasteiger partial charge is 0.178 e. The molecule has 3 atom stereocenters. The number of aromatic nitrogens is 1. The largest absolute Gasteiger partial charge is 0.373 e. The van der Waals surface area contributed by atoms with Crippen LogP contribution in [0.25, 0.3) is 11.1 Å². The predicted molar refractivity (Wildman–Crippen MR) is 94.9 cm³/mol. The molecule has 1 aromatic heterocycles. The summed E-state index contributed by atoms with van der Waals surface area (Å²) < 4.78 is 3.66. The molecule has 0 saturated carbocycles. The van der Waals surface area contributed by atoms with E-state index in [1.165, 1.54) is 12.1 Å². The third-order valence-corrected chi connectivity index (χ3v) is 5.75. The van der Waals surface area contributed by atoms with Gasteiger partial charge < -0.3 is 15.5 Å². The first-order chi connectivity index (χ1) is 11.7. The van der Waals surface area contributed by atoms with Gasteiger partial charge in [0.05, 0.1) is 5.69 Å². The number of aliphatic hydroxyl groups excluding tert-OH is 2. The highest BCUT2D eigenvalue weighted by atomic mass is 32.2. The molecule has 0 amide bonds. The Morgan fingerprint density at radius 2 is 2.00 bits per heavy atom. The molecule has 3 N–H and O–H groups in total. The molecule has 0 spiro atoms. The number of nitrogens with zero attached hydrogens (tertiary/aromatic N) is 3. The van der Waals surface area contributed by atoms with Gasteiger partial charge >= 0.3 is 0 Å². The molecule has 0 aliphatic carbocycles. The van der Waals surface area contributed by atoms with E-state index in [1.54, 1.807) is 10.5 Å². The molecule has 2 aliphatic rings. The summed E-state index contributed by atoms with van der Waals surface area (Å²) in [5.41, 5.74) is 2.92. The molecule has 3 unspecified atom stereocenters. The Balaban J connectivity index is 1.59. The van der Waals surface area contributed by atoms with E-state index >= 15 is 0 Å². The molecule has 126 valence electrons. The van der Waals surface area contributed by atoms with Gasteiger partial charge in [0.25, 0.3) is 0 Å². The Labute approximate surface area is 145 Å². The topological polar surface area (TPSA) is 71.9 Å². The van der Waals surface area contributed by atoms with Gasteiger partial charge in [-0.1, -0.05) is 18.2 Å². The highest BCUT2D eigenvalue weighted by Crippen LogP contribution is 2.40. The highest BCUT2D eigenvalue weighted by molar-refractivity contribution is 7.98. The van der Waals surface area contributed by atoms with Crippen molar-refractivity contribution in [3.05, 3.63) is 48.8 Å². The van der Waals surface area contributed by atoms with E-state index in [0.29, 0.717) is 0 Å². The van der Waals surface area contributed by atoms with Gasteiger partial charge in [-0.2, -0.15) is 4.31 Å². The number of hydrogen-bond donors (Lipinski definition) is 3. The SMILES string of the molecule is OC1C(O)N(C2CCNC2)SN1c1cccc(-c2cccnc2)c1. The Bertz CT molecular complexity index is 696. The number of rotatable bonds is 3. The lowest BCUT2D eigenvalue weighted by Gasteiger charge is -2.23. The summed E-state index contributed by atoms with van der Waals surface area (Å²) in [7, 11) is 0. The van der Waals surface area contributed by atoms with E-state index in [2.05, 4.69) is 10.3 Å². The molecular weight excluding hydrogens is 324 g/mol. The Morgan fingerprint density at radius 1 is 1.12 bits per heavy atom. The van der Waals surface area contributed by atoms with Crippen molar-refractivity contribution in [3.63, 3.8) is 0 Å². The average molecular weight is 344 g/mol. The van der Waals surface area contributed by atoms with Gasteiger partial charge in [0.1, 0.15) is 0 Å². The summed E-state index contributed by atoms with van der Waals surface area (Å²) in [6.07, 6.45) is 2.68. The summed E-state index contributed by atoms with van der Waals surface area (Å²) in [6, 6.07) is 12.1. The van der Waals surface area contributed by atoms with Crippen LogP contribution >= 0.6 is 12.1 Å². The third-order valence-electron chi connectivity index (χ3n) is 4.44. The second kappa shape index (κ2) is 6.70. The van der Waals surface area contributed by atoms with E-state index in [-0.39, 0.29) is 6.04 Å². The van der Waals surface area contributed by atoms with Crippen molar-refractivity contribution in [3.8, 4) is 11.1 Å². The fourth-order valence-corrected chi connectivity index (χ4v) is 4.28. The molecular formula is C17H20N4O2S. The summed E-state index contributed by atoms with van der Waals surface area (Å²) >= 11 is 1.39. The maximum absolute atomic E-state index is 10.5. The molecule has 2 aromatic rings. The maximum Gasteiger partial charge on any atom is 0.178 e. The van der Waals surface area contributed by atoms with E-state index in [1.807, 2.05) is 46.9 Å². The van der Waals surface area contributed by atoms with Crippen LogP contribution < -0.4 is 9.62 Å². The summed E-state index contributed by atoms with van der Waals surface area (Å²) in [4.78, 5) is 4.16. The molecule has 2 saturated heterocycles. The molecule has 0 radical (unpaired) electrons. The van der Waals surface area contributed by atoms with Crippen molar-refractivity contribution in [2.24, 2.45) is 0 Å². The number of aliphatic hydroxyl groups is 2. The summed E-state index contributed by atoms with van der Waals surface area (Å²) in [6.45, 7) is 1.78. The fourth-order valence-electron chi connectivity index (χ4n) is 3.15. The molecule has 3 heterocycles. The second-order valence-electron chi connectivity index (χ2n) is 6.03. The first kappa shape index (κ1) is 15.9. The summed E-state index contributed by atoms with van der Waals surface area (Å²) in [5, 5.41) is 24.2. The van der Waals surface area contributed by atoms with Crippen molar-refractivity contribution in [2.75, 3.05) is 17.4 Å². The number of anilines is 1. The van der Waals surface area contributed by atoms with E-state index in [0.717, 1.165) is 36.3 Å². The number of pyridine rings is 1. The van der Waals surface area contributed by atoms with Crippen molar-refractivity contribution < 1.29 is 10.2 Å². The van der Waals surface area contributed by atoms with Gasteiger partial charge in [0, 0.05) is 42.7 Å². The zero-order valence-corrected chi connectivity index (χ0v) is 13.9. The van der Waals surface area contributed by atoms with E-state index in [9.17, 15) is 10.2 Å². The predicted octanol–water partition coefficient (Wildman–Crippen LogP) is 1.43. The van der Waals surface area contributed by atoms with Crippen molar-refractivity contribution in [1.29, 1.82) is 0 Å². The van der Waals surface area contributed by atoms with Crippen LogP contribution in [0.5, 0.6) is 0 Å². The molecule has 24 heavy (non-hydrogen) atoms. The third kappa shape index (κ3) is 2.89. The Hall–Kier alpha value is -1.64. The van der Waals surface area contributed by atoms with Crippen LogP contribution in [0, 0.1) is 0 Å². The number of nitrogens with one attached hydrogen (secondary N) is 1. The molecule has 4 rings (SSSR count). The van der Waals surface area contributed by atoms with Crippen LogP contribution in [0.15, 0.2) is 48.8 Å². The van der Waals surface area contributed by atoms with Crippen molar-refractivity contribution in [1.82, 2.24) is 14.6 Å². The maximum atomic E-state index is 10.5. The van der Waals surface area contributed by atoms with Gasteiger partial charge in [0.2, 0.25) is 0 Å². The lowest BCUT2D eigenvalue weighted by Crippen LogP contribution is -2.41. The van der Waals surface area contributed by atoms with Gasteiger partial charge in [0.15, 0.2) is 12.5 Å². The van der Waals surface area contributed by atoms with Crippen LogP contribution in [0.3, 0.4) is 0 Å². The Kier molecular flexibility index (Phi) is 4.43. The number of hydrogen-bond acceptors (Lipinski definition) is 7. The molecule has 0 bridgehead atoms. The molecule has 7 heteroatoms. The minimum Gasteiger partial charge on any atom is -0.373 e. The van der Waals surface area contributed by atoms with Crippen LogP contribution in [-0.4, -0.2) is 51.1 Å². The Morgan fingerprint density at radius 3 is 2.75 bits per heavy atom. The fraction of sp³-hybridized carbons (Fsp3) is 0.353. The molecule has 6 nitrogen and oxygen atoms in total. The van der Waals surface area contributed by atoms with Crippen LogP contribution in [0.2, 0.25) is 0 Å². The molecule has 2 aliphatic heterocycles. The lowest BCUT2D eigenvalue weighted by atomic mass is 10.1. The van der Waals surface area contributed by atoms with Crippen molar-refractivity contribution in [2.45, 2.75) is 24.9 Å². The number of benzene rings is 1. The molecule has 2 fully saturated rings. The zero-order chi connectivity index (χ0) is 16.5. The monoisotopic (exact) mass is 344 g/mol. The first-order valence-corrected chi connectivity index (χ1v) is 8.80. The first-order valence-electron chi connectivity index (χ1n) is 8.07. The van der Waals surface area contributed by atoms with Gasteiger partial charge in [-0.3, -0.25) is 9.29 Å². The highest BCUT2D eigenvalue weighted by Gasteiger charge is 2.43. The second-order valence-corrected chi connectivity index (χ2v) is 7.01. The minimum atomic E-state index is -0.959.